The van der Waals surface area contributed by atoms with Crippen LogP contribution < -0.4 is 5.32 Å². The lowest BCUT2D eigenvalue weighted by Crippen LogP contribution is -2.43. The van der Waals surface area contributed by atoms with Crippen LogP contribution in [0.2, 0.25) is 0 Å². The molecule has 0 aromatic rings. The molecule has 3 nitrogen and oxygen atoms in total. The number of aliphatic imine (C=N–C) groups is 1. The molecule has 80 valence electrons. The second kappa shape index (κ2) is 5.03. The summed E-state index contributed by atoms with van der Waals surface area (Å²) in [5.41, 5.74) is 0. The molecule has 0 unspecified atom stereocenters. The zero-order valence-electron chi connectivity index (χ0n) is 8.83. The molecule has 0 aromatic heterocycles. The molecule has 1 fully saturated rings. The summed E-state index contributed by atoms with van der Waals surface area (Å²) in [4.78, 5) is 6.89. The van der Waals surface area contributed by atoms with Gasteiger partial charge in [-0.25, -0.2) is 0 Å². The van der Waals surface area contributed by atoms with Crippen molar-refractivity contribution >= 4 is 16.9 Å². The van der Waals surface area contributed by atoms with Crippen molar-refractivity contribution in [2.75, 3.05) is 32.4 Å². The van der Waals surface area contributed by atoms with E-state index >= 15 is 0 Å². The van der Waals surface area contributed by atoms with Crippen LogP contribution in [-0.2, 0) is 0 Å². The minimum absolute atomic E-state index is 0.663. The zero-order chi connectivity index (χ0) is 9.80. The fourth-order valence-corrected chi connectivity index (χ4v) is 2.77. The number of piperidine rings is 1. The normalized spacial score (nSPS) is 25.9. The Morgan fingerprint density at radius 2 is 2.21 bits per heavy atom. The number of rotatable bonds is 1. The first-order valence-corrected chi connectivity index (χ1v) is 6.45. The highest BCUT2D eigenvalue weighted by molar-refractivity contribution is 8.13. The topological polar surface area (TPSA) is 27.6 Å². The average molecular weight is 213 g/mol. The minimum Gasteiger partial charge on any atom is -0.362 e. The molecule has 4 heteroatoms. The summed E-state index contributed by atoms with van der Waals surface area (Å²) < 4.78 is 0. The summed E-state index contributed by atoms with van der Waals surface area (Å²) in [6.45, 7) is 3.45. The van der Waals surface area contributed by atoms with Crippen molar-refractivity contribution in [3.63, 3.8) is 0 Å². The first kappa shape index (κ1) is 10.3. The standard InChI is InChI=1S/C10H19N3S/c1-13-6-3-9(4-7-13)12-10-11-5-2-8-14-10/h9H,2-8H2,1H3,(H,11,12). The van der Waals surface area contributed by atoms with E-state index in [2.05, 4.69) is 22.3 Å². The molecule has 1 saturated heterocycles. The van der Waals surface area contributed by atoms with Crippen molar-refractivity contribution in [2.24, 2.45) is 4.99 Å². The number of thioether (sulfide) groups is 1. The van der Waals surface area contributed by atoms with E-state index in [4.69, 9.17) is 0 Å². The quantitative estimate of drug-likeness (QED) is 0.708. The fraction of sp³-hybridized carbons (Fsp3) is 0.900. The molecule has 1 N–H and O–H groups in total. The van der Waals surface area contributed by atoms with Gasteiger partial charge < -0.3 is 10.2 Å². The second-order valence-corrected chi connectivity index (χ2v) is 5.19. The maximum absolute atomic E-state index is 4.50. The molecule has 0 atom stereocenters. The number of nitrogens with zero attached hydrogens (tertiary/aromatic N) is 2. The predicted octanol–water partition coefficient (Wildman–Crippen LogP) is 1.16. The summed E-state index contributed by atoms with van der Waals surface area (Å²) in [7, 11) is 2.20. The third-order valence-corrected chi connectivity index (χ3v) is 3.86. The average Bonchev–Trinajstić information content (AvgIpc) is 2.23. The molecule has 2 heterocycles. The van der Waals surface area contributed by atoms with Crippen molar-refractivity contribution in [3.8, 4) is 0 Å². The Kier molecular flexibility index (Phi) is 3.70. The smallest absolute Gasteiger partial charge is 0.156 e. The fourth-order valence-electron chi connectivity index (χ4n) is 1.87. The third kappa shape index (κ3) is 2.89. The van der Waals surface area contributed by atoms with Crippen LogP contribution >= 0.6 is 11.8 Å². The van der Waals surface area contributed by atoms with Crippen LogP contribution in [0, 0.1) is 0 Å². The van der Waals surface area contributed by atoms with Gasteiger partial charge in [0.25, 0.3) is 0 Å². The number of nitrogens with one attached hydrogen (secondary N) is 1. The van der Waals surface area contributed by atoms with Gasteiger partial charge in [0.1, 0.15) is 0 Å². The first-order chi connectivity index (χ1) is 6.84. The van der Waals surface area contributed by atoms with E-state index < -0.39 is 0 Å². The van der Waals surface area contributed by atoms with E-state index in [1.807, 2.05) is 11.8 Å². The van der Waals surface area contributed by atoms with E-state index in [0.29, 0.717) is 6.04 Å². The largest absolute Gasteiger partial charge is 0.362 e. The van der Waals surface area contributed by atoms with E-state index in [-0.39, 0.29) is 0 Å². The Morgan fingerprint density at radius 3 is 2.86 bits per heavy atom. The zero-order valence-corrected chi connectivity index (χ0v) is 9.65. The van der Waals surface area contributed by atoms with Gasteiger partial charge in [-0.1, -0.05) is 11.8 Å². The first-order valence-electron chi connectivity index (χ1n) is 5.47. The van der Waals surface area contributed by atoms with Gasteiger partial charge in [0.2, 0.25) is 0 Å². The van der Waals surface area contributed by atoms with Gasteiger partial charge in [0, 0.05) is 18.3 Å². The van der Waals surface area contributed by atoms with Crippen molar-refractivity contribution < 1.29 is 0 Å². The molecule has 14 heavy (non-hydrogen) atoms. The predicted molar refractivity (Wildman–Crippen MR) is 63.0 cm³/mol. The summed E-state index contributed by atoms with van der Waals surface area (Å²) in [6, 6.07) is 0.663. The second-order valence-electron chi connectivity index (χ2n) is 4.11. The van der Waals surface area contributed by atoms with Crippen LogP contribution in [-0.4, -0.2) is 48.5 Å². The van der Waals surface area contributed by atoms with Gasteiger partial charge in [-0.05, 0) is 39.4 Å². The van der Waals surface area contributed by atoms with Gasteiger partial charge in [-0.3, -0.25) is 4.99 Å². The Hall–Kier alpha value is -0.220. The minimum atomic E-state index is 0.663. The van der Waals surface area contributed by atoms with Crippen LogP contribution in [0.4, 0.5) is 0 Å². The molecular weight excluding hydrogens is 194 g/mol. The molecule has 2 rings (SSSR count). The van der Waals surface area contributed by atoms with Crippen LogP contribution in [0.1, 0.15) is 19.3 Å². The molecule has 2 aliphatic heterocycles. The Balaban J connectivity index is 1.77. The van der Waals surface area contributed by atoms with E-state index in [1.54, 1.807) is 0 Å². The number of likely N-dealkylation sites (tertiary alicyclic amines) is 1. The van der Waals surface area contributed by atoms with Gasteiger partial charge >= 0.3 is 0 Å². The number of hydrogen-bond acceptors (Lipinski definition) is 4. The Bertz CT molecular complexity index is 209. The molecule has 0 bridgehead atoms. The van der Waals surface area contributed by atoms with Crippen LogP contribution in [0.3, 0.4) is 0 Å². The molecule has 2 aliphatic rings. The highest BCUT2D eigenvalue weighted by atomic mass is 32.2. The SMILES string of the molecule is CN1CCC(NC2=NCCCS2)CC1. The van der Waals surface area contributed by atoms with Crippen molar-refractivity contribution in [3.05, 3.63) is 0 Å². The Morgan fingerprint density at radius 1 is 1.43 bits per heavy atom. The number of hydrogen-bond donors (Lipinski definition) is 1. The maximum Gasteiger partial charge on any atom is 0.156 e. The van der Waals surface area contributed by atoms with Crippen LogP contribution in [0.5, 0.6) is 0 Å². The van der Waals surface area contributed by atoms with Crippen molar-refractivity contribution in [1.82, 2.24) is 10.2 Å². The highest BCUT2D eigenvalue weighted by Crippen LogP contribution is 2.14. The lowest BCUT2D eigenvalue weighted by atomic mass is 10.1. The maximum atomic E-state index is 4.50. The molecule has 0 spiro atoms. The molecule has 0 aliphatic carbocycles. The lowest BCUT2D eigenvalue weighted by molar-refractivity contribution is 0.247. The van der Waals surface area contributed by atoms with Crippen LogP contribution in [0.25, 0.3) is 0 Å². The van der Waals surface area contributed by atoms with E-state index in [1.165, 1.54) is 43.3 Å². The van der Waals surface area contributed by atoms with Gasteiger partial charge in [-0.2, -0.15) is 0 Å². The lowest BCUT2D eigenvalue weighted by Gasteiger charge is -2.30. The molecule has 0 amide bonds. The third-order valence-electron chi connectivity index (χ3n) is 2.84. The van der Waals surface area contributed by atoms with E-state index in [9.17, 15) is 0 Å². The summed E-state index contributed by atoms with van der Waals surface area (Å²) in [5, 5.41) is 4.75. The molecule has 0 saturated carbocycles. The van der Waals surface area contributed by atoms with Crippen LogP contribution in [0.15, 0.2) is 4.99 Å². The van der Waals surface area contributed by atoms with E-state index in [0.717, 1.165) is 6.54 Å². The summed E-state index contributed by atoms with van der Waals surface area (Å²) in [5.74, 6) is 1.23. The summed E-state index contributed by atoms with van der Waals surface area (Å²) in [6.07, 6.45) is 3.76. The Labute approximate surface area is 90.3 Å². The molecular formula is C10H19N3S. The highest BCUT2D eigenvalue weighted by Gasteiger charge is 2.18. The molecule has 0 aromatic carbocycles. The van der Waals surface area contributed by atoms with Crippen molar-refractivity contribution in [1.29, 1.82) is 0 Å². The number of amidine groups is 1. The van der Waals surface area contributed by atoms with Gasteiger partial charge in [-0.15, -0.1) is 0 Å². The monoisotopic (exact) mass is 213 g/mol. The van der Waals surface area contributed by atoms with Crippen molar-refractivity contribution in [2.45, 2.75) is 25.3 Å². The van der Waals surface area contributed by atoms with Gasteiger partial charge in [0.15, 0.2) is 5.17 Å². The summed E-state index contributed by atoms with van der Waals surface area (Å²) >= 11 is 1.88. The molecule has 0 radical (unpaired) electrons. The van der Waals surface area contributed by atoms with Gasteiger partial charge in [0.05, 0.1) is 0 Å².